The van der Waals surface area contributed by atoms with Crippen molar-refractivity contribution in [2.24, 2.45) is 0 Å². The molecule has 0 aliphatic carbocycles. The SMILES string of the molecule is CCCNCc1cncc(Oc2cc(C)[nH]n2)n1. The smallest absolute Gasteiger partial charge is 0.240 e. The van der Waals surface area contributed by atoms with Crippen molar-refractivity contribution in [3.05, 3.63) is 29.8 Å². The predicted molar refractivity (Wildman–Crippen MR) is 67.4 cm³/mol. The van der Waals surface area contributed by atoms with Crippen molar-refractivity contribution in [3.63, 3.8) is 0 Å². The molecule has 2 aromatic rings. The number of hydrogen-bond donors (Lipinski definition) is 2. The van der Waals surface area contributed by atoms with Crippen LogP contribution in [0.3, 0.4) is 0 Å². The molecule has 0 bridgehead atoms. The number of aromatic nitrogens is 4. The Labute approximate surface area is 106 Å². The number of aryl methyl sites for hydroxylation is 1. The van der Waals surface area contributed by atoms with Crippen molar-refractivity contribution in [2.75, 3.05) is 6.54 Å². The maximum absolute atomic E-state index is 5.50. The normalized spacial score (nSPS) is 10.6. The highest BCUT2D eigenvalue weighted by atomic mass is 16.5. The maximum Gasteiger partial charge on any atom is 0.240 e. The fourth-order valence-corrected chi connectivity index (χ4v) is 1.47. The number of H-pyrrole nitrogens is 1. The lowest BCUT2D eigenvalue weighted by molar-refractivity contribution is 0.437. The molecule has 0 unspecified atom stereocenters. The first kappa shape index (κ1) is 12.5. The Morgan fingerprint density at radius 2 is 2.22 bits per heavy atom. The molecule has 0 radical (unpaired) electrons. The van der Waals surface area contributed by atoms with Crippen LogP contribution in [0.4, 0.5) is 0 Å². The van der Waals surface area contributed by atoms with E-state index in [9.17, 15) is 0 Å². The van der Waals surface area contributed by atoms with Crippen LogP contribution < -0.4 is 10.1 Å². The van der Waals surface area contributed by atoms with Crippen LogP contribution in [0, 0.1) is 6.92 Å². The summed E-state index contributed by atoms with van der Waals surface area (Å²) in [5.74, 6) is 0.956. The Hall–Kier alpha value is -1.95. The molecule has 6 heteroatoms. The molecular weight excluding hydrogens is 230 g/mol. The number of hydrogen-bond acceptors (Lipinski definition) is 5. The van der Waals surface area contributed by atoms with Crippen molar-refractivity contribution < 1.29 is 4.74 Å². The van der Waals surface area contributed by atoms with E-state index in [-0.39, 0.29) is 0 Å². The molecule has 0 amide bonds. The van der Waals surface area contributed by atoms with E-state index in [2.05, 4.69) is 32.4 Å². The van der Waals surface area contributed by atoms with Crippen molar-refractivity contribution >= 4 is 0 Å². The molecule has 6 nitrogen and oxygen atoms in total. The first-order chi connectivity index (χ1) is 8.78. The van der Waals surface area contributed by atoms with Gasteiger partial charge in [-0.25, -0.2) is 4.98 Å². The molecule has 0 saturated heterocycles. The van der Waals surface area contributed by atoms with Gasteiger partial charge in [-0.15, -0.1) is 5.10 Å². The second kappa shape index (κ2) is 6.11. The molecule has 2 rings (SSSR count). The van der Waals surface area contributed by atoms with Crippen molar-refractivity contribution in [2.45, 2.75) is 26.8 Å². The summed E-state index contributed by atoms with van der Waals surface area (Å²) < 4.78 is 5.50. The Kier molecular flexibility index (Phi) is 4.25. The summed E-state index contributed by atoms with van der Waals surface area (Å²) >= 11 is 0. The zero-order valence-corrected chi connectivity index (χ0v) is 10.6. The molecule has 0 aliphatic heterocycles. The lowest BCUT2D eigenvalue weighted by Crippen LogP contribution is -2.15. The number of rotatable bonds is 6. The summed E-state index contributed by atoms with van der Waals surface area (Å²) in [4.78, 5) is 8.45. The molecule has 96 valence electrons. The van der Waals surface area contributed by atoms with E-state index >= 15 is 0 Å². The van der Waals surface area contributed by atoms with Crippen LogP contribution in [0.25, 0.3) is 0 Å². The minimum absolute atomic E-state index is 0.456. The van der Waals surface area contributed by atoms with Crippen LogP contribution in [0.15, 0.2) is 18.5 Å². The number of ether oxygens (including phenoxy) is 1. The third kappa shape index (κ3) is 3.53. The van der Waals surface area contributed by atoms with Gasteiger partial charge in [0, 0.05) is 24.5 Å². The van der Waals surface area contributed by atoms with Gasteiger partial charge in [-0.1, -0.05) is 6.92 Å². The van der Waals surface area contributed by atoms with Gasteiger partial charge in [0.25, 0.3) is 0 Å². The highest BCUT2D eigenvalue weighted by molar-refractivity contribution is 5.19. The van der Waals surface area contributed by atoms with Crippen LogP contribution in [0.2, 0.25) is 0 Å². The van der Waals surface area contributed by atoms with Crippen LogP contribution in [-0.4, -0.2) is 26.7 Å². The van der Waals surface area contributed by atoms with Gasteiger partial charge >= 0.3 is 0 Å². The molecule has 2 N–H and O–H groups in total. The number of nitrogens with one attached hydrogen (secondary N) is 2. The lowest BCUT2D eigenvalue weighted by atomic mass is 10.4. The largest absolute Gasteiger partial charge is 0.417 e. The molecule has 0 saturated carbocycles. The molecule has 2 aromatic heterocycles. The molecule has 2 heterocycles. The maximum atomic E-state index is 5.50. The molecule has 18 heavy (non-hydrogen) atoms. The van der Waals surface area contributed by atoms with Crippen LogP contribution in [0.1, 0.15) is 24.7 Å². The van der Waals surface area contributed by atoms with Crippen LogP contribution in [-0.2, 0) is 6.54 Å². The fourth-order valence-electron chi connectivity index (χ4n) is 1.47. The van der Waals surface area contributed by atoms with Crippen molar-refractivity contribution in [1.29, 1.82) is 0 Å². The predicted octanol–water partition coefficient (Wildman–Crippen LogP) is 1.80. The zero-order valence-electron chi connectivity index (χ0n) is 10.6. The highest BCUT2D eigenvalue weighted by Crippen LogP contribution is 2.16. The van der Waals surface area contributed by atoms with E-state index in [0.29, 0.717) is 18.3 Å². The molecule has 0 fully saturated rings. The Morgan fingerprint density at radius 1 is 1.33 bits per heavy atom. The quantitative estimate of drug-likeness (QED) is 0.761. The van der Waals surface area contributed by atoms with E-state index in [1.807, 2.05) is 13.0 Å². The first-order valence-electron chi connectivity index (χ1n) is 5.99. The average molecular weight is 247 g/mol. The number of aromatic amines is 1. The average Bonchev–Trinajstić information content (AvgIpc) is 2.76. The molecule has 0 spiro atoms. The Morgan fingerprint density at radius 3 is 2.94 bits per heavy atom. The van der Waals surface area contributed by atoms with Gasteiger partial charge in [-0.05, 0) is 19.9 Å². The Bertz CT molecular complexity index is 497. The Balaban J connectivity index is 1.98. The minimum Gasteiger partial charge on any atom is -0.417 e. The second-order valence-corrected chi connectivity index (χ2v) is 4.02. The third-order valence-corrected chi connectivity index (χ3v) is 2.29. The third-order valence-electron chi connectivity index (χ3n) is 2.29. The lowest BCUT2D eigenvalue weighted by Gasteiger charge is -2.04. The van der Waals surface area contributed by atoms with Gasteiger partial charge in [-0.2, -0.15) is 0 Å². The van der Waals surface area contributed by atoms with Gasteiger partial charge < -0.3 is 10.1 Å². The second-order valence-electron chi connectivity index (χ2n) is 4.02. The standard InChI is InChI=1S/C12H17N5O/c1-3-4-13-6-10-7-14-8-12(15-10)18-11-5-9(2)16-17-11/h5,7-8,13H,3-4,6H2,1-2H3,(H,16,17). The summed E-state index contributed by atoms with van der Waals surface area (Å²) in [6.07, 6.45) is 4.40. The summed E-state index contributed by atoms with van der Waals surface area (Å²) in [5.41, 5.74) is 1.80. The summed E-state index contributed by atoms with van der Waals surface area (Å²) in [6.45, 7) is 5.69. The van der Waals surface area contributed by atoms with Gasteiger partial charge in [0.2, 0.25) is 11.8 Å². The number of nitrogens with zero attached hydrogens (tertiary/aromatic N) is 3. The van der Waals surface area contributed by atoms with E-state index in [4.69, 9.17) is 4.74 Å². The van der Waals surface area contributed by atoms with E-state index in [0.717, 1.165) is 24.4 Å². The van der Waals surface area contributed by atoms with Crippen LogP contribution >= 0.6 is 0 Å². The van der Waals surface area contributed by atoms with Crippen LogP contribution in [0.5, 0.6) is 11.8 Å². The van der Waals surface area contributed by atoms with Gasteiger partial charge in [0.15, 0.2) is 0 Å². The van der Waals surface area contributed by atoms with Gasteiger partial charge in [0.1, 0.15) is 0 Å². The molecule has 0 aliphatic rings. The first-order valence-corrected chi connectivity index (χ1v) is 5.99. The topological polar surface area (TPSA) is 75.7 Å². The van der Waals surface area contributed by atoms with Crippen molar-refractivity contribution in [3.8, 4) is 11.8 Å². The van der Waals surface area contributed by atoms with E-state index < -0.39 is 0 Å². The molecule has 0 atom stereocenters. The van der Waals surface area contributed by atoms with Crippen molar-refractivity contribution in [1.82, 2.24) is 25.5 Å². The van der Waals surface area contributed by atoms with Gasteiger partial charge in [0.05, 0.1) is 11.9 Å². The summed E-state index contributed by atoms with van der Waals surface area (Å²) in [7, 11) is 0. The minimum atomic E-state index is 0.456. The van der Waals surface area contributed by atoms with E-state index in [1.54, 1.807) is 12.4 Å². The van der Waals surface area contributed by atoms with E-state index in [1.165, 1.54) is 0 Å². The highest BCUT2D eigenvalue weighted by Gasteiger charge is 2.04. The molecule has 0 aromatic carbocycles. The van der Waals surface area contributed by atoms with Gasteiger partial charge in [-0.3, -0.25) is 10.1 Å². The zero-order chi connectivity index (χ0) is 12.8. The monoisotopic (exact) mass is 247 g/mol. The summed E-state index contributed by atoms with van der Waals surface area (Å²) in [5, 5.41) is 10.1. The summed E-state index contributed by atoms with van der Waals surface area (Å²) in [6, 6.07) is 1.81. The molecular formula is C12H17N5O. The fraction of sp³-hybridized carbons (Fsp3) is 0.417.